The lowest BCUT2D eigenvalue weighted by Gasteiger charge is -2.28. The number of aromatic nitrogens is 1. The average Bonchev–Trinajstić information content (AvgIpc) is 3.06. The quantitative estimate of drug-likeness (QED) is 0.775. The molecule has 1 fully saturated rings. The van der Waals surface area contributed by atoms with Crippen LogP contribution in [0.15, 0.2) is 34.7 Å². The number of hydrogen-bond acceptors (Lipinski definition) is 5. The Kier molecular flexibility index (Phi) is 6.24. The number of aryl methyl sites for hydroxylation is 2. The van der Waals surface area contributed by atoms with E-state index in [9.17, 15) is 14.7 Å². The fourth-order valence-electron chi connectivity index (χ4n) is 3.29. The Morgan fingerprint density at radius 1 is 1.33 bits per heavy atom. The molecule has 0 saturated carbocycles. The first kappa shape index (κ1) is 19.1. The van der Waals surface area contributed by atoms with Crippen molar-refractivity contribution in [1.29, 1.82) is 0 Å². The number of nitrogens with zero attached hydrogens (tertiary/aromatic N) is 1. The minimum atomic E-state index is -1.03. The van der Waals surface area contributed by atoms with Crippen LogP contribution in [0.2, 0.25) is 0 Å². The first-order chi connectivity index (χ1) is 13.0. The number of aliphatic carboxylic acids is 1. The lowest BCUT2D eigenvalue weighted by molar-refractivity contribution is -0.145. The van der Waals surface area contributed by atoms with Crippen molar-refractivity contribution in [1.82, 2.24) is 10.3 Å². The Morgan fingerprint density at radius 2 is 2.11 bits per heavy atom. The highest BCUT2D eigenvalue weighted by molar-refractivity contribution is 5.83. The maximum Gasteiger partial charge on any atom is 0.326 e. The fourth-order valence-corrected chi connectivity index (χ4v) is 3.29. The number of hydrogen-bond donors (Lipinski definition) is 2. The normalized spacial score (nSPS) is 18.0. The zero-order chi connectivity index (χ0) is 19.2. The molecule has 0 radical (unpaired) electrons. The van der Waals surface area contributed by atoms with Gasteiger partial charge in [0, 0.05) is 30.9 Å². The minimum Gasteiger partial charge on any atom is -0.480 e. The fraction of sp³-hybridized carbons (Fsp3) is 0.450. The third-order valence-electron chi connectivity index (χ3n) is 4.69. The van der Waals surface area contributed by atoms with Gasteiger partial charge in [-0.1, -0.05) is 30.3 Å². The van der Waals surface area contributed by atoms with E-state index < -0.39 is 12.0 Å². The molecule has 1 amide bonds. The Bertz CT molecular complexity index is 781. The number of oxazole rings is 1. The topological polar surface area (TPSA) is 102 Å². The van der Waals surface area contributed by atoms with Crippen LogP contribution in [-0.2, 0) is 20.7 Å². The van der Waals surface area contributed by atoms with E-state index >= 15 is 0 Å². The number of carboxylic acid groups (broad SMARTS) is 1. The van der Waals surface area contributed by atoms with Crippen molar-refractivity contribution in [3.8, 4) is 11.3 Å². The third kappa shape index (κ3) is 4.95. The Labute approximate surface area is 157 Å². The number of amides is 1. The predicted molar refractivity (Wildman–Crippen MR) is 98.1 cm³/mol. The van der Waals surface area contributed by atoms with Crippen molar-refractivity contribution in [2.75, 3.05) is 13.2 Å². The smallest absolute Gasteiger partial charge is 0.326 e. The molecular weight excluding hydrogens is 348 g/mol. The van der Waals surface area contributed by atoms with Crippen LogP contribution in [0.1, 0.15) is 30.8 Å². The van der Waals surface area contributed by atoms with Crippen molar-refractivity contribution in [2.24, 2.45) is 5.92 Å². The summed E-state index contributed by atoms with van der Waals surface area (Å²) >= 11 is 0. The molecule has 1 aliphatic rings. The summed E-state index contributed by atoms with van der Waals surface area (Å²) < 4.78 is 11.1. The van der Waals surface area contributed by atoms with Crippen LogP contribution in [0.4, 0.5) is 0 Å². The number of ether oxygens (including phenoxy) is 1. The lowest BCUT2D eigenvalue weighted by Crippen LogP contribution is -2.48. The van der Waals surface area contributed by atoms with Crippen LogP contribution < -0.4 is 5.32 Å². The van der Waals surface area contributed by atoms with Crippen LogP contribution in [0.25, 0.3) is 11.3 Å². The standard InChI is InChI=1S/C20H24N2O5/c1-13-19(14-6-3-2-4-7-14)27-17(21-13)10-9-16(23)22-18(20(24)25)15-8-5-11-26-12-15/h2-4,6-7,15,18H,5,8-12H2,1H3,(H,22,23)(H,24,25). The van der Waals surface area contributed by atoms with E-state index in [4.69, 9.17) is 9.15 Å². The van der Waals surface area contributed by atoms with Crippen LogP contribution in [0, 0.1) is 12.8 Å². The molecule has 2 unspecified atom stereocenters. The Hall–Kier alpha value is -2.67. The zero-order valence-electron chi connectivity index (χ0n) is 15.3. The van der Waals surface area contributed by atoms with Crippen molar-refractivity contribution in [3.63, 3.8) is 0 Å². The van der Waals surface area contributed by atoms with Gasteiger partial charge in [0.05, 0.1) is 12.3 Å². The van der Waals surface area contributed by atoms with Crippen LogP contribution >= 0.6 is 0 Å². The van der Waals surface area contributed by atoms with Gasteiger partial charge >= 0.3 is 5.97 Å². The molecule has 0 aliphatic carbocycles. The molecule has 2 N–H and O–H groups in total. The van der Waals surface area contributed by atoms with E-state index in [-0.39, 0.29) is 18.2 Å². The summed E-state index contributed by atoms with van der Waals surface area (Å²) in [6, 6.07) is 8.72. The highest BCUT2D eigenvalue weighted by Gasteiger charge is 2.31. The van der Waals surface area contributed by atoms with E-state index in [0.717, 1.165) is 24.1 Å². The van der Waals surface area contributed by atoms with Crippen molar-refractivity contribution in [2.45, 2.75) is 38.6 Å². The monoisotopic (exact) mass is 372 g/mol. The van der Waals surface area contributed by atoms with Crippen LogP contribution in [0.3, 0.4) is 0 Å². The summed E-state index contributed by atoms with van der Waals surface area (Å²) in [7, 11) is 0. The zero-order valence-corrected chi connectivity index (χ0v) is 15.3. The maximum absolute atomic E-state index is 12.3. The predicted octanol–water partition coefficient (Wildman–Crippen LogP) is 2.58. The van der Waals surface area contributed by atoms with Gasteiger partial charge in [-0.25, -0.2) is 9.78 Å². The molecule has 1 saturated heterocycles. The van der Waals surface area contributed by atoms with E-state index in [1.54, 1.807) is 0 Å². The molecule has 27 heavy (non-hydrogen) atoms. The van der Waals surface area contributed by atoms with Gasteiger partial charge in [-0.3, -0.25) is 4.79 Å². The molecule has 2 heterocycles. The van der Waals surface area contributed by atoms with Gasteiger partial charge in [0.15, 0.2) is 11.7 Å². The SMILES string of the molecule is Cc1nc(CCC(=O)NC(C(=O)O)C2CCCOC2)oc1-c1ccccc1. The molecule has 144 valence electrons. The summed E-state index contributed by atoms with van der Waals surface area (Å²) in [5.74, 6) is -0.403. The van der Waals surface area contributed by atoms with E-state index in [2.05, 4.69) is 10.3 Å². The highest BCUT2D eigenvalue weighted by atomic mass is 16.5. The average molecular weight is 372 g/mol. The maximum atomic E-state index is 12.3. The van der Waals surface area contributed by atoms with Crippen LogP contribution in [0.5, 0.6) is 0 Å². The van der Waals surface area contributed by atoms with E-state index in [0.29, 0.717) is 31.3 Å². The van der Waals surface area contributed by atoms with Gasteiger partial charge in [0.1, 0.15) is 6.04 Å². The molecule has 0 spiro atoms. The summed E-state index contributed by atoms with van der Waals surface area (Å²) in [5.41, 5.74) is 1.70. The van der Waals surface area contributed by atoms with Crippen molar-refractivity contribution >= 4 is 11.9 Å². The second-order valence-corrected chi connectivity index (χ2v) is 6.75. The molecule has 7 nitrogen and oxygen atoms in total. The van der Waals surface area contributed by atoms with Crippen molar-refractivity contribution in [3.05, 3.63) is 41.9 Å². The second-order valence-electron chi connectivity index (χ2n) is 6.75. The lowest BCUT2D eigenvalue weighted by atomic mass is 9.93. The summed E-state index contributed by atoms with van der Waals surface area (Å²) in [4.78, 5) is 28.1. The number of benzene rings is 1. The molecule has 2 atom stereocenters. The molecular formula is C20H24N2O5. The van der Waals surface area contributed by atoms with Gasteiger partial charge in [0.25, 0.3) is 0 Å². The van der Waals surface area contributed by atoms with E-state index in [1.807, 2.05) is 37.3 Å². The number of carbonyl (C=O) groups excluding carboxylic acids is 1. The molecule has 7 heteroatoms. The Balaban J connectivity index is 1.58. The number of carbonyl (C=O) groups is 2. The summed E-state index contributed by atoms with van der Waals surface area (Å²) in [5, 5.41) is 12.0. The first-order valence-corrected chi connectivity index (χ1v) is 9.16. The van der Waals surface area contributed by atoms with E-state index in [1.165, 1.54) is 0 Å². The molecule has 1 aliphatic heterocycles. The molecule has 1 aromatic carbocycles. The van der Waals surface area contributed by atoms with Gasteiger partial charge in [-0.05, 0) is 19.8 Å². The largest absolute Gasteiger partial charge is 0.480 e. The highest BCUT2D eigenvalue weighted by Crippen LogP contribution is 2.24. The summed E-state index contributed by atoms with van der Waals surface area (Å²) in [6.45, 7) is 2.86. The van der Waals surface area contributed by atoms with Crippen LogP contribution in [-0.4, -0.2) is 41.2 Å². The number of carboxylic acids is 1. The van der Waals surface area contributed by atoms with Gasteiger partial charge in [-0.2, -0.15) is 0 Å². The van der Waals surface area contributed by atoms with Gasteiger partial charge < -0.3 is 19.6 Å². The third-order valence-corrected chi connectivity index (χ3v) is 4.69. The number of nitrogens with one attached hydrogen (secondary N) is 1. The molecule has 2 aromatic rings. The minimum absolute atomic E-state index is 0.117. The second kappa shape index (κ2) is 8.81. The molecule has 0 bridgehead atoms. The van der Waals surface area contributed by atoms with Gasteiger partial charge in [0.2, 0.25) is 5.91 Å². The molecule has 1 aromatic heterocycles. The molecule has 3 rings (SSSR count). The van der Waals surface area contributed by atoms with Gasteiger partial charge in [-0.15, -0.1) is 0 Å². The summed E-state index contributed by atoms with van der Waals surface area (Å²) in [6.07, 6.45) is 1.97. The Morgan fingerprint density at radius 3 is 2.78 bits per heavy atom. The van der Waals surface area contributed by atoms with Crippen molar-refractivity contribution < 1.29 is 23.8 Å². The first-order valence-electron chi connectivity index (χ1n) is 9.16. The number of rotatable bonds is 7.